The number of thiophene rings is 1. The Morgan fingerprint density at radius 3 is 2.29 bits per heavy atom. The molecule has 0 radical (unpaired) electrons. The van der Waals surface area contributed by atoms with Crippen molar-refractivity contribution < 1.29 is 18.3 Å². The molecule has 0 amide bonds. The lowest BCUT2D eigenvalue weighted by Crippen LogP contribution is -2.44. The second-order valence-electron chi connectivity index (χ2n) is 9.46. The predicted octanol–water partition coefficient (Wildman–Crippen LogP) is 4.98. The number of piperazine rings is 1. The van der Waals surface area contributed by atoms with E-state index in [-0.39, 0.29) is 24.3 Å². The number of rotatable bonds is 7. The molecule has 9 heteroatoms. The number of nitrogens with zero attached hydrogens (tertiary/aromatic N) is 3. The standard InChI is InChI=1S/C29H29F2N3O3S/c1-3-37-29(36)22-18-34(17-20-23(30)10-7-11-24(20)31)28-25(26(22)35)21(16-33-14-12-32(2)13-15-33)27(38-28)19-8-5-4-6-9-19/h4-11,18H,3,12-17H2,1-2H3. The average Bonchev–Trinajstić information content (AvgIpc) is 3.29. The zero-order valence-corrected chi connectivity index (χ0v) is 22.2. The molecule has 198 valence electrons. The molecular formula is C29H29F2N3O3S. The Morgan fingerprint density at radius 1 is 0.947 bits per heavy atom. The number of halogens is 2. The second-order valence-corrected chi connectivity index (χ2v) is 10.5. The van der Waals surface area contributed by atoms with Crippen molar-refractivity contribution in [3.05, 3.63) is 93.3 Å². The summed E-state index contributed by atoms with van der Waals surface area (Å²) in [6.45, 7) is 5.62. The van der Waals surface area contributed by atoms with Gasteiger partial charge in [0, 0.05) is 49.4 Å². The number of fused-ring (bicyclic) bond motifs is 1. The molecule has 2 aromatic carbocycles. The van der Waals surface area contributed by atoms with Crippen molar-refractivity contribution in [2.24, 2.45) is 0 Å². The first kappa shape index (κ1) is 26.2. The molecule has 5 rings (SSSR count). The maximum atomic E-state index is 14.7. The smallest absolute Gasteiger partial charge is 0.343 e. The number of esters is 1. The molecule has 3 heterocycles. The van der Waals surface area contributed by atoms with Crippen LogP contribution >= 0.6 is 11.3 Å². The molecule has 1 saturated heterocycles. The number of carbonyl (C=O) groups is 1. The molecule has 0 saturated carbocycles. The minimum absolute atomic E-state index is 0.102. The first-order chi connectivity index (χ1) is 18.4. The Morgan fingerprint density at radius 2 is 1.63 bits per heavy atom. The van der Waals surface area contributed by atoms with Crippen LogP contribution in [0.5, 0.6) is 0 Å². The van der Waals surface area contributed by atoms with E-state index in [2.05, 4.69) is 16.8 Å². The van der Waals surface area contributed by atoms with E-state index in [1.54, 1.807) is 11.5 Å². The van der Waals surface area contributed by atoms with Gasteiger partial charge in [0.15, 0.2) is 0 Å². The fourth-order valence-corrected chi connectivity index (χ4v) is 6.11. The van der Waals surface area contributed by atoms with Crippen LogP contribution in [0.4, 0.5) is 8.78 Å². The predicted molar refractivity (Wildman–Crippen MR) is 146 cm³/mol. The van der Waals surface area contributed by atoms with E-state index in [4.69, 9.17) is 4.74 Å². The maximum absolute atomic E-state index is 14.7. The Bertz CT molecular complexity index is 1510. The lowest BCUT2D eigenvalue weighted by Gasteiger charge is -2.32. The third-order valence-electron chi connectivity index (χ3n) is 6.91. The fraction of sp³-hybridized carbons (Fsp3) is 0.310. The zero-order valence-electron chi connectivity index (χ0n) is 21.4. The van der Waals surface area contributed by atoms with Crippen LogP contribution < -0.4 is 5.43 Å². The van der Waals surface area contributed by atoms with Gasteiger partial charge in [-0.1, -0.05) is 36.4 Å². The van der Waals surface area contributed by atoms with Gasteiger partial charge < -0.3 is 14.2 Å². The number of hydrogen-bond acceptors (Lipinski definition) is 6. The minimum atomic E-state index is -0.750. The van der Waals surface area contributed by atoms with E-state index in [0.717, 1.165) is 42.2 Å². The SMILES string of the molecule is CCOC(=O)c1cn(Cc2c(F)cccc2F)c2sc(-c3ccccc3)c(CN3CCN(C)CC3)c2c1=O. The number of aromatic nitrogens is 1. The van der Waals surface area contributed by atoms with Gasteiger partial charge in [0.25, 0.3) is 0 Å². The van der Waals surface area contributed by atoms with E-state index in [9.17, 15) is 18.4 Å². The van der Waals surface area contributed by atoms with Crippen LogP contribution in [0.3, 0.4) is 0 Å². The summed E-state index contributed by atoms with van der Waals surface area (Å²) in [5.74, 6) is -2.13. The summed E-state index contributed by atoms with van der Waals surface area (Å²) in [4.78, 5) is 32.7. The van der Waals surface area contributed by atoms with Crippen molar-refractivity contribution in [2.75, 3.05) is 39.8 Å². The van der Waals surface area contributed by atoms with Gasteiger partial charge in [-0.05, 0) is 37.2 Å². The quantitative estimate of drug-likeness (QED) is 0.311. The van der Waals surface area contributed by atoms with Crippen molar-refractivity contribution in [2.45, 2.75) is 20.0 Å². The number of hydrogen-bond donors (Lipinski definition) is 0. The number of ether oxygens (including phenoxy) is 1. The lowest BCUT2D eigenvalue weighted by molar-refractivity contribution is 0.0524. The van der Waals surface area contributed by atoms with Gasteiger partial charge in [-0.3, -0.25) is 9.69 Å². The topological polar surface area (TPSA) is 54.8 Å². The van der Waals surface area contributed by atoms with E-state index >= 15 is 0 Å². The highest BCUT2D eigenvalue weighted by Crippen LogP contribution is 2.39. The molecule has 38 heavy (non-hydrogen) atoms. The molecule has 1 aliphatic heterocycles. The monoisotopic (exact) mass is 537 g/mol. The molecular weight excluding hydrogens is 508 g/mol. The highest BCUT2D eigenvalue weighted by molar-refractivity contribution is 7.22. The minimum Gasteiger partial charge on any atom is -0.462 e. The Kier molecular flexibility index (Phi) is 7.69. The molecule has 0 unspecified atom stereocenters. The number of likely N-dealkylation sites (N-methyl/N-ethyl adjacent to an activating group) is 1. The van der Waals surface area contributed by atoms with Gasteiger partial charge in [-0.15, -0.1) is 11.3 Å². The summed E-state index contributed by atoms with van der Waals surface area (Å²) in [6, 6.07) is 13.5. The van der Waals surface area contributed by atoms with Crippen LogP contribution in [-0.2, 0) is 17.8 Å². The number of benzene rings is 2. The molecule has 0 N–H and O–H groups in total. The molecule has 0 aliphatic carbocycles. The summed E-state index contributed by atoms with van der Waals surface area (Å²) < 4.78 is 36.1. The van der Waals surface area contributed by atoms with Gasteiger partial charge >= 0.3 is 5.97 Å². The summed E-state index contributed by atoms with van der Waals surface area (Å²) in [5, 5.41) is 0.398. The average molecular weight is 538 g/mol. The third kappa shape index (κ3) is 5.14. The molecule has 1 aliphatic rings. The van der Waals surface area contributed by atoms with Gasteiger partial charge in [-0.25, -0.2) is 13.6 Å². The van der Waals surface area contributed by atoms with Crippen LogP contribution in [0.15, 0.2) is 59.5 Å². The highest BCUT2D eigenvalue weighted by Gasteiger charge is 2.26. The highest BCUT2D eigenvalue weighted by atomic mass is 32.1. The van der Waals surface area contributed by atoms with Crippen LogP contribution in [0.1, 0.15) is 28.4 Å². The normalized spacial score (nSPS) is 14.7. The largest absolute Gasteiger partial charge is 0.462 e. The third-order valence-corrected chi connectivity index (χ3v) is 8.22. The van der Waals surface area contributed by atoms with Crippen molar-refractivity contribution in [1.82, 2.24) is 14.4 Å². The van der Waals surface area contributed by atoms with Crippen LogP contribution in [0.25, 0.3) is 20.7 Å². The number of pyridine rings is 1. The Balaban J connectivity index is 1.75. The van der Waals surface area contributed by atoms with Crippen molar-refractivity contribution >= 4 is 27.5 Å². The summed E-state index contributed by atoms with van der Waals surface area (Å²) in [5.41, 5.74) is 1.06. The van der Waals surface area contributed by atoms with Crippen LogP contribution in [0.2, 0.25) is 0 Å². The van der Waals surface area contributed by atoms with E-state index < -0.39 is 23.0 Å². The van der Waals surface area contributed by atoms with E-state index in [1.165, 1.54) is 35.7 Å². The van der Waals surface area contributed by atoms with Gasteiger partial charge in [0.2, 0.25) is 5.43 Å². The molecule has 6 nitrogen and oxygen atoms in total. The fourth-order valence-electron chi connectivity index (χ4n) is 4.82. The maximum Gasteiger partial charge on any atom is 0.343 e. The second kappa shape index (κ2) is 11.1. The molecule has 0 spiro atoms. The summed E-state index contributed by atoms with van der Waals surface area (Å²) in [6.07, 6.45) is 1.37. The van der Waals surface area contributed by atoms with Gasteiger partial charge in [0.1, 0.15) is 22.0 Å². The van der Waals surface area contributed by atoms with E-state index in [1.807, 2.05) is 30.3 Å². The van der Waals surface area contributed by atoms with Crippen molar-refractivity contribution in [3.63, 3.8) is 0 Å². The molecule has 0 atom stereocenters. The summed E-state index contributed by atoms with van der Waals surface area (Å²) >= 11 is 1.40. The van der Waals surface area contributed by atoms with Crippen LogP contribution in [-0.4, -0.2) is 60.2 Å². The van der Waals surface area contributed by atoms with Crippen LogP contribution in [0, 0.1) is 11.6 Å². The Labute approximate surface area is 223 Å². The van der Waals surface area contributed by atoms with Gasteiger partial charge in [0.05, 0.1) is 18.5 Å². The first-order valence-corrected chi connectivity index (χ1v) is 13.4. The zero-order chi connectivity index (χ0) is 26.8. The molecule has 1 fully saturated rings. The first-order valence-electron chi connectivity index (χ1n) is 12.6. The number of carbonyl (C=O) groups excluding carboxylic acids is 1. The lowest BCUT2D eigenvalue weighted by atomic mass is 10.0. The molecule has 2 aromatic heterocycles. The molecule has 4 aromatic rings. The van der Waals surface area contributed by atoms with E-state index in [0.29, 0.717) is 16.8 Å². The Hall–Kier alpha value is -3.40. The molecule has 0 bridgehead atoms. The van der Waals surface area contributed by atoms with Gasteiger partial charge in [-0.2, -0.15) is 0 Å². The van der Waals surface area contributed by atoms with Crippen molar-refractivity contribution in [3.8, 4) is 10.4 Å². The van der Waals surface area contributed by atoms with Crippen molar-refractivity contribution in [1.29, 1.82) is 0 Å². The summed E-state index contributed by atoms with van der Waals surface area (Å²) in [7, 11) is 2.08.